The molecule has 0 aromatic heterocycles. The van der Waals surface area contributed by atoms with Crippen LogP contribution < -0.4 is 0 Å². The monoisotopic (exact) mass is 214 g/mol. The second-order valence-corrected chi connectivity index (χ2v) is 3.96. The van der Waals surface area contributed by atoms with E-state index < -0.39 is 0 Å². The number of ether oxygens (including phenoxy) is 1. The molecule has 0 amide bonds. The molecular formula is C13H10O3. The van der Waals surface area contributed by atoms with Crippen molar-refractivity contribution in [2.45, 2.75) is 13.0 Å². The summed E-state index contributed by atoms with van der Waals surface area (Å²) in [6.07, 6.45) is -0.368. The first-order chi connectivity index (χ1) is 7.68. The highest BCUT2D eigenvalue weighted by Crippen LogP contribution is 2.41. The Balaban J connectivity index is 2.45. The van der Waals surface area contributed by atoms with E-state index in [0.29, 0.717) is 11.1 Å². The summed E-state index contributed by atoms with van der Waals surface area (Å²) in [5.74, 6) is -0.199. The van der Waals surface area contributed by atoms with Crippen LogP contribution in [0.15, 0.2) is 30.3 Å². The van der Waals surface area contributed by atoms with Crippen molar-refractivity contribution in [1.29, 1.82) is 0 Å². The molecule has 1 aliphatic heterocycles. The van der Waals surface area contributed by atoms with Gasteiger partial charge in [-0.3, -0.25) is 0 Å². The van der Waals surface area contributed by atoms with Crippen molar-refractivity contribution in [2.24, 2.45) is 0 Å². The highest BCUT2D eigenvalue weighted by Gasteiger charge is 2.31. The standard InChI is InChI=1S/C13H10O3/c1-7-11-10(13(15)16-7)6-8-4-2-3-5-9(8)12(11)14/h2-7,14H,1H3. The SMILES string of the molecule is CC1OC(=O)c2cc3ccccc3c(O)c21. The van der Waals surface area contributed by atoms with Gasteiger partial charge in [0.1, 0.15) is 11.9 Å². The molecule has 1 aliphatic rings. The summed E-state index contributed by atoms with van der Waals surface area (Å²) >= 11 is 0. The maximum atomic E-state index is 11.5. The van der Waals surface area contributed by atoms with Crippen LogP contribution in [0, 0.1) is 0 Å². The van der Waals surface area contributed by atoms with Crippen LogP contribution in [0.1, 0.15) is 28.9 Å². The van der Waals surface area contributed by atoms with Gasteiger partial charge in [-0.2, -0.15) is 0 Å². The maximum absolute atomic E-state index is 11.5. The Labute approximate surface area is 92.3 Å². The first kappa shape index (κ1) is 9.21. The van der Waals surface area contributed by atoms with E-state index in [2.05, 4.69) is 0 Å². The lowest BCUT2D eigenvalue weighted by molar-refractivity contribution is 0.0420. The van der Waals surface area contributed by atoms with E-state index in [4.69, 9.17) is 4.74 Å². The third-order valence-corrected chi connectivity index (χ3v) is 2.97. The average molecular weight is 214 g/mol. The molecule has 16 heavy (non-hydrogen) atoms. The largest absolute Gasteiger partial charge is 0.507 e. The fourth-order valence-corrected chi connectivity index (χ4v) is 2.21. The Bertz CT molecular complexity index is 601. The molecule has 0 saturated carbocycles. The third-order valence-electron chi connectivity index (χ3n) is 2.97. The lowest BCUT2D eigenvalue weighted by Crippen LogP contribution is -1.94. The van der Waals surface area contributed by atoms with Crippen LogP contribution in [0.4, 0.5) is 0 Å². The predicted octanol–water partition coefficient (Wildman–Crippen LogP) is 2.78. The van der Waals surface area contributed by atoms with Crippen molar-refractivity contribution >= 4 is 16.7 Å². The van der Waals surface area contributed by atoms with Crippen molar-refractivity contribution in [3.63, 3.8) is 0 Å². The number of cyclic esters (lactones) is 1. The van der Waals surface area contributed by atoms with E-state index in [1.54, 1.807) is 13.0 Å². The van der Waals surface area contributed by atoms with Gasteiger partial charge in [-0.15, -0.1) is 0 Å². The fourth-order valence-electron chi connectivity index (χ4n) is 2.21. The van der Waals surface area contributed by atoms with E-state index in [9.17, 15) is 9.90 Å². The van der Waals surface area contributed by atoms with Crippen molar-refractivity contribution in [1.82, 2.24) is 0 Å². The number of carbonyl (C=O) groups excluding carboxylic acids is 1. The van der Waals surface area contributed by atoms with E-state index >= 15 is 0 Å². The quantitative estimate of drug-likeness (QED) is 0.686. The number of benzene rings is 2. The summed E-state index contributed by atoms with van der Waals surface area (Å²) in [6, 6.07) is 9.21. The molecule has 1 heterocycles. The molecule has 0 spiro atoms. The zero-order chi connectivity index (χ0) is 11.3. The number of hydrogen-bond donors (Lipinski definition) is 1. The molecule has 2 aromatic carbocycles. The molecule has 0 fully saturated rings. The van der Waals surface area contributed by atoms with Crippen LogP contribution in [0.5, 0.6) is 5.75 Å². The third kappa shape index (κ3) is 1.05. The van der Waals surface area contributed by atoms with Crippen LogP contribution in [-0.2, 0) is 4.74 Å². The lowest BCUT2D eigenvalue weighted by Gasteiger charge is -2.07. The summed E-state index contributed by atoms with van der Waals surface area (Å²) in [5.41, 5.74) is 1.08. The number of fused-ring (bicyclic) bond motifs is 2. The fraction of sp³-hybridized carbons (Fsp3) is 0.154. The minimum Gasteiger partial charge on any atom is -0.507 e. The van der Waals surface area contributed by atoms with Gasteiger partial charge >= 0.3 is 5.97 Å². The van der Waals surface area contributed by atoms with Crippen molar-refractivity contribution in [3.8, 4) is 5.75 Å². The lowest BCUT2D eigenvalue weighted by atomic mass is 9.98. The summed E-state index contributed by atoms with van der Waals surface area (Å²) in [4.78, 5) is 11.5. The molecule has 0 bridgehead atoms. The normalized spacial score (nSPS) is 18.6. The van der Waals surface area contributed by atoms with Crippen LogP contribution >= 0.6 is 0 Å². The summed E-state index contributed by atoms with van der Waals surface area (Å²) in [7, 11) is 0. The molecule has 1 N–H and O–H groups in total. The zero-order valence-corrected chi connectivity index (χ0v) is 8.73. The van der Waals surface area contributed by atoms with Gasteiger partial charge in [0.15, 0.2) is 0 Å². The topological polar surface area (TPSA) is 46.5 Å². The van der Waals surface area contributed by atoms with Gasteiger partial charge in [-0.25, -0.2) is 4.79 Å². The van der Waals surface area contributed by atoms with Crippen LogP contribution in [0.25, 0.3) is 10.8 Å². The van der Waals surface area contributed by atoms with Crippen LogP contribution in [-0.4, -0.2) is 11.1 Å². The zero-order valence-electron chi connectivity index (χ0n) is 8.73. The van der Waals surface area contributed by atoms with E-state index in [-0.39, 0.29) is 17.8 Å². The molecule has 0 radical (unpaired) electrons. The van der Waals surface area contributed by atoms with Gasteiger partial charge in [0, 0.05) is 10.9 Å². The first-order valence-electron chi connectivity index (χ1n) is 5.14. The molecule has 3 heteroatoms. The van der Waals surface area contributed by atoms with E-state index in [1.807, 2.05) is 24.3 Å². The van der Waals surface area contributed by atoms with Gasteiger partial charge < -0.3 is 9.84 Å². The molecular weight excluding hydrogens is 204 g/mol. The number of carbonyl (C=O) groups is 1. The minimum absolute atomic E-state index is 0.159. The average Bonchev–Trinajstić information content (AvgIpc) is 2.55. The smallest absolute Gasteiger partial charge is 0.339 e. The molecule has 80 valence electrons. The Kier molecular flexibility index (Phi) is 1.72. The summed E-state index contributed by atoms with van der Waals surface area (Å²) in [6.45, 7) is 1.76. The Morgan fingerprint density at radius 2 is 2.06 bits per heavy atom. The number of hydrogen-bond acceptors (Lipinski definition) is 3. The Morgan fingerprint density at radius 1 is 1.31 bits per heavy atom. The number of esters is 1. The second kappa shape index (κ2) is 2.98. The molecule has 3 nitrogen and oxygen atoms in total. The highest BCUT2D eigenvalue weighted by atomic mass is 16.5. The molecule has 3 rings (SSSR count). The number of aromatic hydroxyl groups is 1. The Hall–Kier alpha value is -2.03. The van der Waals surface area contributed by atoms with Gasteiger partial charge in [0.25, 0.3) is 0 Å². The minimum atomic E-state index is -0.368. The highest BCUT2D eigenvalue weighted by molar-refractivity contribution is 6.02. The van der Waals surface area contributed by atoms with Gasteiger partial charge in [-0.1, -0.05) is 24.3 Å². The van der Waals surface area contributed by atoms with E-state index in [0.717, 1.165) is 10.8 Å². The molecule has 2 aromatic rings. The second-order valence-electron chi connectivity index (χ2n) is 3.96. The summed E-state index contributed by atoms with van der Waals surface area (Å²) < 4.78 is 5.08. The van der Waals surface area contributed by atoms with Gasteiger partial charge in [-0.05, 0) is 18.4 Å². The van der Waals surface area contributed by atoms with E-state index in [1.165, 1.54) is 0 Å². The molecule has 1 unspecified atom stereocenters. The number of phenolic OH excluding ortho intramolecular Hbond substituents is 1. The number of phenols is 1. The van der Waals surface area contributed by atoms with Gasteiger partial charge in [0.05, 0.1) is 5.56 Å². The van der Waals surface area contributed by atoms with Crippen molar-refractivity contribution in [3.05, 3.63) is 41.5 Å². The van der Waals surface area contributed by atoms with Crippen LogP contribution in [0.3, 0.4) is 0 Å². The predicted molar refractivity (Wildman–Crippen MR) is 59.4 cm³/mol. The number of rotatable bonds is 0. The summed E-state index contributed by atoms with van der Waals surface area (Å²) in [5, 5.41) is 11.7. The molecule has 0 aliphatic carbocycles. The van der Waals surface area contributed by atoms with Gasteiger partial charge in [0.2, 0.25) is 0 Å². The van der Waals surface area contributed by atoms with Crippen LogP contribution in [0.2, 0.25) is 0 Å². The Morgan fingerprint density at radius 3 is 2.88 bits per heavy atom. The molecule has 0 saturated heterocycles. The first-order valence-corrected chi connectivity index (χ1v) is 5.14. The van der Waals surface area contributed by atoms with Crippen molar-refractivity contribution < 1.29 is 14.6 Å². The van der Waals surface area contributed by atoms with Crippen molar-refractivity contribution in [2.75, 3.05) is 0 Å². The molecule has 1 atom stereocenters. The maximum Gasteiger partial charge on any atom is 0.339 e.